The summed E-state index contributed by atoms with van der Waals surface area (Å²) in [5.74, 6) is 0.0345. The summed E-state index contributed by atoms with van der Waals surface area (Å²) in [6.07, 6.45) is 3.81. The summed E-state index contributed by atoms with van der Waals surface area (Å²) in [4.78, 5) is 21.6. The number of benzene rings is 1. The van der Waals surface area contributed by atoms with Crippen LogP contribution in [0.3, 0.4) is 0 Å². The van der Waals surface area contributed by atoms with Gasteiger partial charge in [-0.1, -0.05) is 0 Å². The maximum Gasteiger partial charge on any atom is 0.262 e. The highest BCUT2D eigenvalue weighted by Crippen LogP contribution is 2.26. The van der Waals surface area contributed by atoms with Gasteiger partial charge in [-0.25, -0.2) is 9.37 Å². The van der Waals surface area contributed by atoms with Gasteiger partial charge in [0.1, 0.15) is 12.1 Å². The largest absolute Gasteiger partial charge is 0.385 e. The lowest BCUT2D eigenvalue weighted by Gasteiger charge is -2.11. The molecule has 7 nitrogen and oxygen atoms in total. The second-order valence-corrected chi connectivity index (χ2v) is 5.86. The number of pyridine rings is 1. The van der Waals surface area contributed by atoms with Gasteiger partial charge in [0.25, 0.3) is 11.3 Å². The summed E-state index contributed by atoms with van der Waals surface area (Å²) in [7, 11) is 1.63. The molecule has 0 spiro atoms. The SMILES string of the molecule is COCCCn1ccc2nc3ncnn3c(-c3ccc(F)cc3)c2c1=O. The molecular weight excluding hydrogens is 337 g/mol. The molecule has 4 rings (SSSR count). The number of nitrogens with zero attached hydrogens (tertiary/aromatic N) is 5. The Hall–Kier alpha value is -3.13. The van der Waals surface area contributed by atoms with Crippen molar-refractivity contribution in [1.29, 1.82) is 0 Å². The Balaban J connectivity index is 2.01. The number of aryl methyl sites for hydroxylation is 1. The molecule has 26 heavy (non-hydrogen) atoms. The predicted octanol–water partition coefficient (Wildman–Crippen LogP) is 2.28. The van der Waals surface area contributed by atoms with E-state index in [-0.39, 0.29) is 11.4 Å². The van der Waals surface area contributed by atoms with Crippen LogP contribution in [0.15, 0.2) is 47.7 Å². The highest BCUT2D eigenvalue weighted by atomic mass is 19.1. The number of halogens is 1. The number of rotatable bonds is 5. The van der Waals surface area contributed by atoms with Gasteiger partial charge in [-0.3, -0.25) is 4.79 Å². The fraction of sp³-hybridized carbons (Fsp3) is 0.222. The lowest BCUT2D eigenvalue weighted by atomic mass is 10.1. The molecule has 132 valence electrons. The summed E-state index contributed by atoms with van der Waals surface area (Å²) < 4.78 is 21.6. The van der Waals surface area contributed by atoms with Crippen LogP contribution in [0.4, 0.5) is 4.39 Å². The van der Waals surface area contributed by atoms with Crippen molar-refractivity contribution < 1.29 is 9.13 Å². The summed E-state index contributed by atoms with van der Waals surface area (Å²) in [6, 6.07) is 7.72. The van der Waals surface area contributed by atoms with Crippen LogP contribution in [-0.2, 0) is 11.3 Å². The van der Waals surface area contributed by atoms with Crippen LogP contribution in [-0.4, -0.2) is 37.9 Å². The number of aromatic nitrogens is 5. The summed E-state index contributed by atoms with van der Waals surface area (Å²) in [5.41, 5.74) is 1.57. The number of fused-ring (bicyclic) bond motifs is 2. The van der Waals surface area contributed by atoms with Crippen LogP contribution in [0.5, 0.6) is 0 Å². The Morgan fingerprint density at radius 3 is 2.77 bits per heavy atom. The smallest absolute Gasteiger partial charge is 0.262 e. The van der Waals surface area contributed by atoms with E-state index >= 15 is 0 Å². The molecule has 0 atom stereocenters. The van der Waals surface area contributed by atoms with Crippen molar-refractivity contribution in [3.8, 4) is 11.3 Å². The maximum atomic E-state index is 13.4. The maximum absolute atomic E-state index is 13.4. The molecule has 0 N–H and O–H groups in total. The van der Waals surface area contributed by atoms with E-state index < -0.39 is 0 Å². The van der Waals surface area contributed by atoms with Gasteiger partial charge < -0.3 is 9.30 Å². The van der Waals surface area contributed by atoms with Crippen LogP contribution in [0.25, 0.3) is 27.9 Å². The van der Waals surface area contributed by atoms with Gasteiger partial charge in [0.2, 0.25) is 0 Å². The third-order valence-corrected chi connectivity index (χ3v) is 4.21. The van der Waals surface area contributed by atoms with E-state index in [9.17, 15) is 9.18 Å². The van der Waals surface area contributed by atoms with Gasteiger partial charge in [0, 0.05) is 32.0 Å². The average Bonchev–Trinajstić information content (AvgIpc) is 3.11. The van der Waals surface area contributed by atoms with Crippen molar-refractivity contribution in [3.63, 3.8) is 0 Å². The molecule has 8 heteroatoms. The van der Waals surface area contributed by atoms with Crippen LogP contribution in [0.1, 0.15) is 6.42 Å². The van der Waals surface area contributed by atoms with E-state index in [1.807, 2.05) is 0 Å². The second kappa shape index (κ2) is 6.64. The third-order valence-electron chi connectivity index (χ3n) is 4.21. The molecule has 0 aliphatic rings. The van der Waals surface area contributed by atoms with Gasteiger partial charge in [0.05, 0.1) is 16.6 Å². The third kappa shape index (κ3) is 2.74. The molecule has 1 aromatic carbocycles. The molecule has 0 unspecified atom stereocenters. The highest BCUT2D eigenvalue weighted by Gasteiger charge is 2.17. The molecule has 0 amide bonds. The zero-order chi connectivity index (χ0) is 18.1. The molecule has 0 aliphatic carbocycles. The van der Waals surface area contributed by atoms with E-state index in [0.717, 1.165) is 0 Å². The van der Waals surface area contributed by atoms with Crippen molar-refractivity contribution in [2.45, 2.75) is 13.0 Å². The molecule has 0 radical (unpaired) electrons. The summed E-state index contributed by atoms with van der Waals surface area (Å²) in [6.45, 7) is 1.09. The first-order valence-corrected chi connectivity index (χ1v) is 8.17. The fourth-order valence-corrected chi connectivity index (χ4v) is 2.99. The second-order valence-electron chi connectivity index (χ2n) is 5.86. The predicted molar refractivity (Wildman–Crippen MR) is 94.4 cm³/mol. The Kier molecular flexibility index (Phi) is 4.18. The summed E-state index contributed by atoms with van der Waals surface area (Å²) >= 11 is 0. The van der Waals surface area contributed by atoms with E-state index in [1.165, 1.54) is 23.0 Å². The van der Waals surface area contributed by atoms with Gasteiger partial charge in [-0.2, -0.15) is 14.6 Å². The molecule has 3 heterocycles. The van der Waals surface area contributed by atoms with Gasteiger partial charge in [0.15, 0.2) is 0 Å². The first kappa shape index (κ1) is 16.3. The number of hydrogen-bond donors (Lipinski definition) is 0. The molecule has 3 aromatic heterocycles. The first-order chi connectivity index (χ1) is 12.7. The Morgan fingerprint density at radius 2 is 2.00 bits per heavy atom. The number of hydrogen-bond acceptors (Lipinski definition) is 5. The molecule has 0 fully saturated rings. The average molecular weight is 353 g/mol. The molecule has 0 saturated heterocycles. The van der Waals surface area contributed by atoms with Crippen LogP contribution in [0, 0.1) is 5.82 Å². The molecular formula is C18H16FN5O2. The molecule has 0 aliphatic heterocycles. The first-order valence-electron chi connectivity index (χ1n) is 8.17. The quantitative estimate of drug-likeness (QED) is 0.515. The minimum absolute atomic E-state index is 0.178. The normalized spacial score (nSPS) is 11.5. The van der Waals surface area contributed by atoms with Crippen molar-refractivity contribution in [3.05, 3.63) is 59.0 Å². The van der Waals surface area contributed by atoms with E-state index in [1.54, 1.807) is 36.1 Å². The van der Waals surface area contributed by atoms with E-state index in [2.05, 4.69) is 15.1 Å². The van der Waals surface area contributed by atoms with Crippen LogP contribution in [0.2, 0.25) is 0 Å². The van der Waals surface area contributed by atoms with Gasteiger partial charge >= 0.3 is 0 Å². The minimum Gasteiger partial charge on any atom is -0.385 e. The van der Waals surface area contributed by atoms with Crippen molar-refractivity contribution in [1.82, 2.24) is 24.1 Å². The van der Waals surface area contributed by atoms with E-state index in [4.69, 9.17) is 4.74 Å². The van der Waals surface area contributed by atoms with Crippen molar-refractivity contribution >= 4 is 16.7 Å². The number of methoxy groups -OCH3 is 1. The molecule has 4 aromatic rings. The molecule has 0 saturated carbocycles. The van der Waals surface area contributed by atoms with E-state index in [0.29, 0.717) is 47.5 Å². The molecule has 0 bridgehead atoms. The Bertz CT molecular complexity index is 1130. The zero-order valence-electron chi connectivity index (χ0n) is 14.1. The Morgan fingerprint density at radius 1 is 1.19 bits per heavy atom. The van der Waals surface area contributed by atoms with Crippen molar-refractivity contribution in [2.75, 3.05) is 13.7 Å². The van der Waals surface area contributed by atoms with Crippen molar-refractivity contribution in [2.24, 2.45) is 0 Å². The van der Waals surface area contributed by atoms with Crippen LogP contribution >= 0.6 is 0 Å². The van der Waals surface area contributed by atoms with Gasteiger partial charge in [-0.15, -0.1) is 0 Å². The lowest BCUT2D eigenvalue weighted by Crippen LogP contribution is -2.22. The monoisotopic (exact) mass is 353 g/mol. The lowest BCUT2D eigenvalue weighted by molar-refractivity contribution is 0.190. The van der Waals surface area contributed by atoms with Crippen LogP contribution < -0.4 is 5.56 Å². The minimum atomic E-state index is -0.348. The summed E-state index contributed by atoms with van der Waals surface area (Å²) in [5, 5.41) is 4.62. The Labute approximate surface area is 147 Å². The topological polar surface area (TPSA) is 74.3 Å². The fourth-order valence-electron chi connectivity index (χ4n) is 2.99. The standard InChI is InChI=1S/C18H16FN5O2/c1-26-10-2-8-23-9-7-14-15(17(23)25)16(12-3-5-13(19)6-4-12)24-18(22-14)20-11-21-24/h3-7,9,11H,2,8,10H2,1H3. The zero-order valence-corrected chi connectivity index (χ0v) is 14.1. The number of ether oxygens (including phenoxy) is 1. The highest BCUT2D eigenvalue weighted by molar-refractivity contribution is 5.93. The van der Waals surface area contributed by atoms with Gasteiger partial charge in [-0.05, 0) is 36.8 Å².